The van der Waals surface area contributed by atoms with Crippen LogP contribution in [0.3, 0.4) is 0 Å². The third kappa shape index (κ3) is 2.70. The van der Waals surface area contributed by atoms with E-state index in [0.29, 0.717) is 22.6 Å². The van der Waals surface area contributed by atoms with Crippen LogP contribution >= 0.6 is 15.9 Å². The zero-order valence-electron chi connectivity index (χ0n) is 9.74. The Morgan fingerprint density at radius 3 is 3.00 bits per heavy atom. The molecule has 94 valence electrons. The highest BCUT2D eigenvalue weighted by molar-refractivity contribution is 9.10. The molecular formula is C12H12BrN3O2. The van der Waals surface area contributed by atoms with Gasteiger partial charge in [-0.25, -0.2) is 4.98 Å². The lowest BCUT2D eigenvalue weighted by molar-refractivity contribution is 0.342. The molecule has 2 N–H and O–H groups in total. The fourth-order valence-electron chi connectivity index (χ4n) is 1.45. The number of hydrogen-bond acceptors (Lipinski definition) is 4. The molecule has 0 aliphatic heterocycles. The molecule has 1 aromatic carbocycles. The van der Waals surface area contributed by atoms with Crippen molar-refractivity contribution in [3.05, 3.63) is 45.4 Å². The summed E-state index contributed by atoms with van der Waals surface area (Å²) < 4.78 is 5.85. The van der Waals surface area contributed by atoms with Gasteiger partial charge < -0.3 is 15.0 Å². The normalized spacial score (nSPS) is 10.1. The number of hydrogen-bond donors (Lipinski definition) is 2. The average molecular weight is 310 g/mol. The Morgan fingerprint density at radius 2 is 2.22 bits per heavy atom. The van der Waals surface area contributed by atoms with Gasteiger partial charge in [0.15, 0.2) is 5.82 Å². The molecule has 1 aromatic heterocycles. The van der Waals surface area contributed by atoms with E-state index >= 15 is 0 Å². The number of benzene rings is 1. The van der Waals surface area contributed by atoms with Crippen molar-refractivity contribution in [2.24, 2.45) is 0 Å². The van der Waals surface area contributed by atoms with Crippen molar-refractivity contribution in [2.45, 2.75) is 6.92 Å². The predicted molar refractivity (Wildman–Crippen MR) is 73.5 cm³/mol. The second-order valence-electron chi connectivity index (χ2n) is 3.45. The molecule has 2 rings (SSSR count). The monoisotopic (exact) mass is 309 g/mol. The SMILES string of the molecule is CCOc1ccccc1Nc1nc[nH]c(=O)c1Br. The zero-order chi connectivity index (χ0) is 13.0. The molecule has 0 amide bonds. The minimum Gasteiger partial charge on any atom is -0.492 e. The van der Waals surface area contributed by atoms with Gasteiger partial charge in [0.1, 0.15) is 10.2 Å². The first-order valence-corrected chi connectivity index (χ1v) is 6.23. The molecule has 0 saturated heterocycles. The number of nitrogens with zero attached hydrogens (tertiary/aromatic N) is 1. The Morgan fingerprint density at radius 1 is 1.44 bits per heavy atom. The Hall–Kier alpha value is -1.82. The van der Waals surface area contributed by atoms with Crippen molar-refractivity contribution >= 4 is 27.4 Å². The summed E-state index contributed by atoms with van der Waals surface area (Å²) in [6, 6.07) is 7.48. The molecule has 2 aromatic rings. The molecular weight excluding hydrogens is 298 g/mol. The van der Waals surface area contributed by atoms with Crippen LogP contribution in [0.15, 0.2) is 39.9 Å². The van der Waals surface area contributed by atoms with E-state index in [9.17, 15) is 4.79 Å². The van der Waals surface area contributed by atoms with Crippen LogP contribution in [0.1, 0.15) is 6.92 Å². The summed E-state index contributed by atoms with van der Waals surface area (Å²) in [7, 11) is 0. The van der Waals surface area contributed by atoms with Crippen LogP contribution in [-0.2, 0) is 0 Å². The van der Waals surface area contributed by atoms with Crippen LogP contribution in [0.2, 0.25) is 0 Å². The number of halogens is 1. The second-order valence-corrected chi connectivity index (χ2v) is 4.24. The van der Waals surface area contributed by atoms with Crippen molar-refractivity contribution in [1.82, 2.24) is 9.97 Å². The molecule has 0 aliphatic carbocycles. The van der Waals surface area contributed by atoms with Gasteiger partial charge in [0, 0.05) is 0 Å². The molecule has 0 bridgehead atoms. The summed E-state index contributed by atoms with van der Waals surface area (Å²) in [5.74, 6) is 1.17. The summed E-state index contributed by atoms with van der Waals surface area (Å²) >= 11 is 3.19. The molecule has 1 heterocycles. The Balaban J connectivity index is 2.34. The van der Waals surface area contributed by atoms with E-state index in [0.717, 1.165) is 5.69 Å². The highest BCUT2D eigenvalue weighted by atomic mass is 79.9. The van der Waals surface area contributed by atoms with Crippen LogP contribution in [0.5, 0.6) is 5.75 Å². The standard InChI is InChI=1S/C12H12BrN3O2/c1-2-18-9-6-4-3-5-8(9)16-11-10(13)12(17)15-7-14-11/h3-7H,2H2,1H3,(H2,14,15,16,17). The van der Waals surface area contributed by atoms with Gasteiger partial charge in [0.25, 0.3) is 5.56 Å². The zero-order valence-corrected chi connectivity index (χ0v) is 11.3. The van der Waals surface area contributed by atoms with Crippen molar-refractivity contribution in [3.8, 4) is 5.75 Å². The average Bonchev–Trinajstić information content (AvgIpc) is 2.37. The third-order valence-corrected chi connectivity index (χ3v) is 2.97. The minimum absolute atomic E-state index is 0.235. The van der Waals surface area contributed by atoms with Crippen molar-refractivity contribution in [2.75, 3.05) is 11.9 Å². The van der Waals surface area contributed by atoms with Gasteiger partial charge in [0.2, 0.25) is 0 Å². The van der Waals surface area contributed by atoms with Gasteiger partial charge in [-0.3, -0.25) is 4.79 Å². The number of rotatable bonds is 4. The Labute approximate surface area is 112 Å². The highest BCUT2D eigenvalue weighted by Gasteiger charge is 2.08. The molecule has 0 saturated carbocycles. The first-order valence-electron chi connectivity index (χ1n) is 5.44. The molecule has 0 radical (unpaired) electrons. The summed E-state index contributed by atoms with van der Waals surface area (Å²) in [6.07, 6.45) is 1.35. The highest BCUT2D eigenvalue weighted by Crippen LogP contribution is 2.28. The number of anilines is 2. The van der Waals surface area contributed by atoms with Crippen molar-refractivity contribution < 1.29 is 4.74 Å². The number of aromatic amines is 1. The number of H-pyrrole nitrogens is 1. The first-order chi connectivity index (χ1) is 8.72. The molecule has 6 heteroatoms. The summed E-state index contributed by atoms with van der Waals surface area (Å²) in [5, 5.41) is 3.06. The maximum absolute atomic E-state index is 11.4. The molecule has 0 fully saturated rings. The van der Waals surface area contributed by atoms with E-state index in [1.807, 2.05) is 31.2 Å². The topological polar surface area (TPSA) is 67.0 Å². The van der Waals surface area contributed by atoms with Gasteiger partial charge in [-0.1, -0.05) is 12.1 Å². The van der Waals surface area contributed by atoms with Gasteiger partial charge in [-0.2, -0.15) is 0 Å². The molecule has 5 nitrogen and oxygen atoms in total. The number of ether oxygens (including phenoxy) is 1. The second kappa shape index (κ2) is 5.68. The molecule has 18 heavy (non-hydrogen) atoms. The van der Waals surface area contributed by atoms with Gasteiger partial charge >= 0.3 is 0 Å². The third-order valence-electron chi connectivity index (χ3n) is 2.24. The molecule has 0 unspecified atom stereocenters. The maximum Gasteiger partial charge on any atom is 0.267 e. The van der Waals surface area contributed by atoms with Gasteiger partial charge in [0.05, 0.1) is 18.6 Å². The number of nitrogens with one attached hydrogen (secondary N) is 2. The molecule has 0 atom stereocenters. The summed E-state index contributed by atoms with van der Waals surface area (Å²) in [4.78, 5) is 18.0. The lowest BCUT2D eigenvalue weighted by Crippen LogP contribution is -2.10. The Kier molecular flexibility index (Phi) is 3.99. The van der Waals surface area contributed by atoms with Crippen LogP contribution in [0.25, 0.3) is 0 Å². The van der Waals surface area contributed by atoms with Crippen molar-refractivity contribution in [3.63, 3.8) is 0 Å². The fraction of sp³-hybridized carbons (Fsp3) is 0.167. The quantitative estimate of drug-likeness (QED) is 0.911. The number of para-hydroxylation sites is 2. The van der Waals surface area contributed by atoms with Gasteiger partial charge in [-0.05, 0) is 35.0 Å². The molecule has 0 spiro atoms. The lowest BCUT2D eigenvalue weighted by Gasteiger charge is -2.11. The summed E-state index contributed by atoms with van der Waals surface area (Å²) in [6.45, 7) is 2.49. The summed E-state index contributed by atoms with van der Waals surface area (Å²) in [5.41, 5.74) is 0.527. The van der Waals surface area contributed by atoms with Crippen molar-refractivity contribution in [1.29, 1.82) is 0 Å². The van der Waals surface area contributed by atoms with Crippen LogP contribution in [0.4, 0.5) is 11.5 Å². The lowest BCUT2D eigenvalue weighted by atomic mass is 10.3. The van der Waals surface area contributed by atoms with Gasteiger partial charge in [-0.15, -0.1) is 0 Å². The van der Waals surface area contributed by atoms with E-state index in [1.54, 1.807) is 0 Å². The fourth-order valence-corrected chi connectivity index (χ4v) is 1.76. The van der Waals surface area contributed by atoms with Crippen LogP contribution in [-0.4, -0.2) is 16.6 Å². The smallest absolute Gasteiger partial charge is 0.267 e. The van der Waals surface area contributed by atoms with E-state index in [-0.39, 0.29) is 5.56 Å². The maximum atomic E-state index is 11.4. The first kappa shape index (κ1) is 12.6. The number of aromatic nitrogens is 2. The van der Waals surface area contributed by atoms with E-state index < -0.39 is 0 Å². The van der Waals surface area contributed by atoms with Crippen LogP contribution in [0, 0.1) is 0 Å². The Bertz CT molecular complexity index is 598. The van der Waals surface area contributed by atoms with Crippen LogP contribution < -0.4 is 15.6 Å². The minimum atomic E-state index is -0.235. The molecule has 0 aliphatic rings. The predicted octanol–water partition coefficient (Wildman–Crippen LogP) is 2.67. The van der Waals surface area contributed by atoms with E-state index in [2.05, 4.69) is 31.2 Å². The van der Waals surface area contributed by atoms with E-state index in [4.69, 9.17) is 4.74 Å². The van der Waals surface area contributed by atoms with E-state index in [1.165, 1.54) is 6.33 Å². The largest absolute Gasteiger partial charge is 0.492 e.